The summed E-state index contributed by atoms with van der Waals surface area (Å²) in [6.07, 6.45) is 10.7. The van der Waals surface area contributed by atoms with E-state index in [4.69, 9.17) is 9.47 Å². The second-order valence-corrected chi connectivity index (χ2v) is 5.66. The van der Waals surface area contributed by atoms with Crippen molar-refractivity contribution in [2.75, 3.05) is 0 Å². The van der Waals surface area contributed by atoms with E-state index in [-0.39, 0.29) is 18.2 Å². The van der Waals surface area contributed by atoms with Crippen LogP contribution in [0, 0.1) is 0 Å². The third kappa shape index (κ3) is 6.42. The van der Waals surface area contributed by atoms with Crippen LogP contribution in [0.3, 0.4) is 0 Å². The van der Waals surface area contributed by atoms with Crippen LogP contribution >= 0.6 is 0 Å². The van der Waals surface area contributed by atoms with Crippen LogP contribution in [-0.2, 0) is 14.3 Å². The number of hydrogen-bond donors (Lipinski definition) is 0. The van der Waals surface area contributed by atoms with Gasteiger partial charge in [-0.25, -0.2) is 0 Å². The molecule has 0 bridgehead atoms. The van der Waals surface area contributed by atoms with Crippen LogP contribution in [0.25, 0.3) is 0 Å². The third-order valence-corrected chi connectivity index (χ3v) is 3.84. The summed E-state index contributed by atoms with van der Waals surface area (Å²) in [4.78, 5) is 11.2. The summed E-state index contributed by atoms with van der Waals surface area (Å²) in [5.41, 5.74) is 0. The van der Waals surface area contributed by atoms with Gasteiger partial charge in [0.1, 0.15) is 6.10 Å². The van der Waals surface area contributed by atoms with E-state index >= 15 is 0 Å². The van der Waals surface area contributed by atoms with Crippen LogP contribution in [-0.4, -0.2) is 24.3 Å². The molecule has 0 aromatic carbocycles. The minimum Gasteiger partial charge on any atom is -0.460 e. The molecule has 0 N–H and O–H groups in total. The topological polar surface area (TPSA) is 35.5 Å². The van der Waals surface area contributed by atoms with E-state index in [1.165, 1.54) is 32.6 Å². The zero-order valence-corrected chi connectivity index (χ0v) is 12.8. The molecule has 1 aliphatic rings. The summed E-state index contributed by atoms with van der Waals surface area (Å²) < 4.78 is 11.5. The van der Waals surface area contributed by atoms with Gasteiger partial charge in [-0.05, 0) is 32.1 Å². The molecule has 1 aliphatic heterocycles. The Labute approximate surface area is 118 Å². The SMILES string of the molecule is CCCCC[C@H](OC(C)=O)[C@@H]1CC[C@H](CCCC)O1. The van der Waals surface area contributed by atoms with Gasteiger partial charge in [0.25, 0.3) is 0 Å². The van der Waals surface area contributed by atoms with Crippen molar-refractivity contribution in [2.24, 2.45) is 0 Å². The van der Waals surface area contributed by atoms with Crippen molar-refractivity contribution in [3.63, 3.8) is 0 Å². The van der Waals surface area contributed by atoms with Crippen LogP contribution in [0.4, 0.5) is 0 Å². The van der Waals surface area contributed by atoms with Crippen LogP contribution in [0.15, 0.2) is 0 Å². The summed E-state index contributed by atoms with van der Waals surface area (Å²) in [6, 6.07) is 0. The Hall–Kier alpha value is -0.570. The lowest BCUT2D eigenvalue weighted by atomic mass is 10.0. The average molecular weight is 270 g/mol. The highest BCUT2D eigenvalue weighted by molar-refractivity contribution is 5.66. The molecule has 0 unspecified atom stereocenters. The lowest BCUT2D eigenvalue weighted by molar-refractivity contribution is -0.155. The Morgan fingerprint density at radius 1 is 1.21 bits per heavy atom. The van der Waals surface area contributed by atoms with Gasteiger partial charge in [-0.15, -0.1) is 0 Å². The Balaban J connectivity index is 2.39. The number of hydrogen-bond acceptors (Lipinski definition) is 3. The molecule has 0 aliphatic carbocycles. The summed E-state index contributed by atoms with van der Waals surface area (Å²) in [5, 5.41) is 0. The van der Waals surface area contributed by atoms with Gasteiger partial charge >= 0.3 is 5.97 Å². The highest BCUT2D eigenvalue weighted by Crippen LogP contribution is 2.29. The van der Waals surface area contributed by atoms with E-state index in [1.807, 2.05) is 0 Å². The third-order valence-electron chi connectivity index (χ3n) is 3.84. The fourth-order valence-corrected chi connectivity index (χ4v) is 2.78. The Morgan fingerprint density at radius 2 is 1.95 bits per heavy atom. The standard InChI is InChI=1S/C16H30O3/c1-4-6-8-10-15(18-13(3)17)16-12-11-14(19-16)9-7-5-2/h14-16H,4-12H2,1-3H3/t14-,15-,16-/m0/s1. The molecule has 0 spiro atoms. The Kier molecular flexibility index (Phi) is 8.11. The predicted molar refractivity (Wildman–Crippen MR) is 77.1 cm³/mol. The highest BCUT2D eigenvalue weighted by atomic mass is 16.6. The minimum absolute atomic E-state index is 0.0318. The molecule has 0 saturated carbocycles. The lowest BCUT2D eigenvalue weighted by Crippen LogP contribution is -2.31. The van der Waals surface area contributed by atoms with Crippen LogP contribution in [0.5, 0.6) is 0 Å². The van der Waals surface area contributed by atoms with Gasteiger partial charge in [-0.1, -0.05) is 39.5 Å². The van der Waals surface area contributed by atoms with Crippen LogP contribution < -0.4 is 0 Å². The largest absolute Gasteiger partial charge is 0.460 e. The van der Waals surface area contributed by atoms with Crippen molar-refractivity contribution in [1.29, 1.82) is 0 Å². The number of ether oxygens (including phenoxy) is 2. The predicted octanol–water partition coefficient (Wildman–Crippen LogP) is 4.24. The van der Waals surface area contributed by atoms with E-state index in [2.05, 4.69) is 13.8 Å². The first-order chi connectivity index (χ1) is 9.17. The summed E-state index contributed by atoms with van der Waals surface area (Å²) >= 11 is 0. The monoisotopic (exact) mass is 270 g/mol. The second kappa shape index (κ2) is 9.35. The first kappa shape index (κ1) is 16.5. The van der Waals surface area contributed by atoms with E-state index in [0.29, 0.717) is 6.10 Å². The van der Waals surface area contributed by atoms with E-state index in [9.17, 15) is 4.79 Å². The molecule has 1 saturated heterocycles. The molecule has 0 radical (unpaired) electrons. The second-order valence-electron chi connectivity index (χ2n) is 5.66. The molecular formula is C16H30O3. The van der Waals surface area contributed by atoms with E-state index < -0.39 is 0 Å². The van der Waals surface area contributed by atoms with Crippen molar-refractivity contribution in [2.45, 2.75) is 96.9 Å². The highest BCUT2D eigenvalue weighted by Gasteiger charge is 2.32. The van der Waals surface area contributed by atoms with Gasteiger partial charge in [-0.3, -0.25) is 4.79 Å². The van der Waals surface area contributed by atoms with Gasteiger partial charge in [0.15, 0.2) is 0 Å². The molecule has 3 nitrogen and oxygen atoms in total. The number of unbranched alkanes of at least 4 members (excludes halogenated alkanes) is 3. The normalized spacial score (nSPS) is 24.4. The van der Waals surface area contributed by atoms with Gasteiger partial charge in [-0.2, -0.15) is 0 Å². The Morgan fingerprint density at radius 3 is 2.58 bits per heavy atom. The van der Waals surface area contributed by atoms with E-state index in [1.54, 1.807) is 0 Å². The summed E-state index contributed by atoms with van der Waals surface area (Å²) in [6.45, 7) is 5.89. The first-order valence-electron chi connectivity index (χ1n) is 8.00. The smallest absolute Gasteiger partial charge is 0.302 e. The molecule has 3 heteroatoms. The maximum atomic E-state index is 11.2. The molecule has 112 valence electrons. The first-order valence-corrected chi connectivity index (χ1v) is 8.00. The van der Waals surface area contributed by atoms with Crippen molar-refractivity contribution in [1.82, 2.24) is 0 Å². The maximum absolute atomic E-state index is 11.2. The van der Waals surface area contributed by atoms with Crippen LogP contribution in [0.1, 0.15) is 78.6 Å². The maximum Gasteiger partial charge on any atom is 0.302 e. The molecule has 19 heavy (non-hydrogen) atoms. The molecule has 1 rings (SSSR count). The average Bonchev–Trinajstić information content (AvgIpc) is 2.83. The zero-order valence-electron chi connectivity index (χ0n) is 12.8. The van der Waals surface area contributed by atoms with Gasteiger partial charge < -0.3 is 9.47 Å². The van der Waals surface area contributed by atoms with Gasteiger partial charge in [0.2, 0.25) is 0 Å². The minimum atomic E-state index is -0.179. The van der Waals surface area contributed by atoms with Gasteiger partial charge in [0.05, 0.1) is 12.2 Å². The fraction of sp³-hybridized carbons (Fsp3) is 0.938. The quantitative estimate of drug-likeness (QED) is 0.464. The fourth-order valence-electron chi connectivity index (χ4n) is 2.78. The number of esters is 1. The molecular weight excluding hydrogens is 240 g/mol. The van der Waals surface area contributed by atoms with Crippen LogP contribution in [0.2, 0.25) is 0 Å². The lowest BCUT2D eigenvalue weighted by Gasteiger charge is -2.23. The zero-order chi connectivity index (χ0) is 14.1. The molecule has 0 aromatic rings. The van der Waals surface area contributed by atoms with Crippen molar-refractivity contribution >= 4 is 5.97 Å². The van der Waals surface area contributed by atoms with Crippen molar-refractivity contribution in [3.05, 3.63) is 0 Å². The van der Waals surface area contributed by atoms with Crippen molar-refractivity contribution in [3.8, 4) is 0 Å². The number of carbonyl (C=O) groups is 1. The van der Waals surface area contributed by atoms with E-state index in [0.717, 1.165) is 32.1 Å². The van der Waals surface area contributed by atoms with Gasteiger partial charge in [0, 0.05) is 6.92 Å². The summed E-state index contributed by atoms with van der Waals surface area (Å²) in [5.74, 6) is -0.179. The molecule has 1 fully saturated rings. The number of carbonyl (C=O) groups excluding carboxylic acids is 1. The Bertz CT molecular complexity index is 252. The number of rotatable bonds is 9. The molecule has 3 atom stereocenters. The summed E-state index contributed by atoms with van der Waals surface area (Å²) in [7, 11) is 0. The molecule has 0 amide bonds. The molecule has 1 heterocycles. The molecule has 0 aromatic heterocycles. The van der Waals surface area contributed by atoms with Crippen molar-refractivity contribution < 1.29 is 14.3 Å².